The molecule has 4 heteroatoms. The van der Waals surface area contributed by atoms with E-state index in [0.29, 0.717) is 13.1 Å². The van der Waals surface area contributed by atoms with Gasteiger partial charge in [0.1, 0.15) is 5.82 Å². The summed E-state index contributed by atoms with van der Waals surface area (Å²) in [6.07, 6.45) is 0.725. The molecule has 1 aromatic carbocycles. The number of hydrogen-bond acceptors (Lipinski definition) is 2. The Morgan fingerprint density at radius 2 is 2.24 bits per heavy atom. The highest BCUT2D eigenvalue weighted by molar-refractivity contribution is 5.78. The van der Waals surface area contributed by atoms with E-state index in [1.807, 2.05) is 6.92 Å². The topological polar surface area (TPSA) is 46.3 Å². The van der Waals surface area contributed by atoms with Crippen molar-refractivity contribution in [2.24, 2.45) is 11.7 Å². The molecule has 1 rings (SSSR count). The van der Waals surface area contributed by atoms with Crippen LogP contribution in [0.15, 0.2) is 24.3 Å². The number of hydrogen-bond donors (Lipinski definition) is 1. The average molecular weight is 238 g/mol. The molecule has 2 N–H and O–H groups in total. The van der Waals surface area contributed by atoms with Crippen molar-refractivity contribution in [3.63, 3.8) is 0 Å². The second kappa shape index (κ2) is 6.35. The van der Waals surface area contributed by atoms with Gasteiger partial charge in [-0.1, -0.05) is 19.1 Å². The highest BCUT2D eigenvalue weighted by Crippen LogP contribution is 2.10. The Bertz CT molecular complexity index is 377. The van der Waals surface area contributed by atoms with Crippen molar-refractivity contribution in [2.45, 2.75) is 19.9 Å². The number of carbonyl (C=O) groups excluding carboxylic acids is 1. The number of rotatable bonds is 5. The zero-order chi connectivity index (χ0) is 12.8. The SMILES string of the molecule is CCC(CN)C(=O)N(C)Cc1cccc(F)c1. The zero-order valence-electron chi connectivity index (χ0n) is 10.3. The molecule has 3 nitrogen and oxygen atoms in total. The summed E-state index contributed by atoms with van der Waals surface area (Å²) in [5.74, 6) is -0.415. The van der Waals surface area contributed by atoms with Crippen LogP contribution in [0.2, 0.25) is 0 Å². The second-order valence-corrected chi connectivity index (χ2v) is 4.17. The standard InChI is InChI=1S/C13H19FN2O/c1-3-11(8-15)13(17)16(2)9-10-5-4-6-12(14)7-10/h4-7,11H,3,8-9,15H2,1-2H3. The van der Waals surface area contributed by atoms with Crippen LogP contribution >= 0.6 is 0 Å². The molecule has 0 aliphatic rings. The van der Waals surface area contributed by atoms with Crippen molar-refractivity contribution < 1.29 is 9.18 Å². The summed E-state index contributed by atoms with van der Waals surface area (Å²) < 4.78 is 13.0. The fraction of sp³-hybridized carbons (Fsp3) is 0.462. The molecule has 0 aromatic heterocycles. The molecule has 1 unspecified atom stereocenters. The molecular formula is C13H19FN2O. The van der Waals surface area contributed by atoms with Gasteiger partial charge < -0.3 is 10.6 Å². The fourth-order valence-electron chi connectivity index (χ4n) is 1.74. The minimum atomic E-state index is -0.283. The van der Waals surface area contributed by atoms with E-state index in [1.165, 1.54) is 12.1 Å². The molecule has 0 aliphatic heterocycles. The minimum Gasteiger partial charge on any atom is -0.341 e. The van der Waals surface area contributed by atoms with Gasteiger partial charge in [-0.15, -0.1) is 0 Å². The Labute approximate surface area is 101 Å². The number of nitrogens with two attached hydrogens (primary N) is 1. The third-order valence-electron chi connectivity index (χ3n) is 2.81. The molecule has 0 spiro atoms. The first-order valence-corrected chi connectivity index (χ1v) is 5.78. The van der Waals surface area contributed by atoms with E-state index in [-0.39, 0.29) is 17.6 Å². The van der Waals surface area contributed by atoms with Crippen LogP contribution in [0.4, 0.5) is 4.39 Å². The van der Waals surface area contributed by atoms with Gasteiger partial charge in [0.05, 0.1) is 5.92 Å². The molecule has 17 heavy (non-hydrogen) atoms. The molecule has 0 radical (unpaired) electrons. The van der Waals surface area contributed by atoms with Gasteiger partial charge in [0.25, 0.3) is 0 Å². The first-order valence-electron chi connectivity index (χ1n) is 5.78. The lowest BCUT2D eigenvalue weighted by atomic mass is 10.1. The minimum absolute atomic E-state index is 0.0132. The molecule has 94 valence electrons. The van der Waals surface area contributed by atoms with E-state index in [0.717, 1.165) is 12.0 Å². The van der Waals surface area contributed by atoms with E-state index in [9.17, 15) is 9.18 Å². The predicted molar refractivity (Wildman–Crippen MR) is 65.7 cm³/mol. The lowest BCUT2D eigenvalue weighted by molar-refractivity contribution is -0.134. The van der Waals surface area contributed by atoms with E-state index in [2.05, 4.69) is 0 Å². The van der Waals surface area contributed by atoms with Crippen molar-refractivity contribution in [3.8, 4) is 0 Å². The van der Waals surface area contributed by atoms with Crippen LogP contribution in [0.3, 0.4) is 0 Å². The summed E-state index contributed by atoms with van der Waals surface area (Å²) in [5, 5.41) is 0. The fourth-order valence-corrected chi connectivity index (χ4v) is 1.74. The number of carbonyl (C=O) groups is 1. The van der Waals surface area contributed by atoms with Crippen LogP contribution in [0.5, 0.6) is 0 Å². The Morgan fingerprint density at radius 3 is 2.76 bits per heavy atom. The summed E-state index contributed by atoms with van der Waals surface area (Å²) in [5.41, 5.74) is 6.32. The summed E-state index contributed by atoms with van der Waals surface area (Å²) in [6, 6.07) is 6.27. The van der Waals surface area contributed by atoms with Crippen molar-refractivity contribution >= 4 is 5.91 Å². The Balaban J connectivity index is 2.65. The van der Waals surface area contributed by atoms with Gasteiger partial charge in [0.15, 0.2) is 0 Å². The number of amides is 1. The normalized spacial score (nSPS) is 12.2. The summed E-state index contributed by atoms with van der Waals surface area (Å²) in [4.78, 5) is 13.5. The van der Waals surface area contributed by atoms with Crippen LogP contribution in [0.25, 0.3) is 0 Å². The van der Waals surface area contributed by atoms with E-state index in [4.69, 9.17) is 5.73 Å². The lowest BCUT2D eigenvalue weighted by Crippen LogP contribution is -2.35. The highest BCUT2D eigenvalue weighted by atomic mass is 19.1. The summed E-state index contributed by atoms with van der Waals surface area (Å²) in [7, 11) is 1.71. The highest BCUT2D eigenvalue weighted by Gasteiger charge is 2.18. The van der Waals surface area contributed by atoms with Crippen LogP contribution < -0.4 is 5.73 Å². The molecular weight excluding hydrogens is 219 g/mol. The third-order valence-corrected chi connectivity index (χ3v) is 2.81. The van der Waals surface area contributed by atoms with Crippen LogP contribution in [0, 0.1) is 11.7 Å². The van der Waals surface area contributed by atoms with Crippen molar-refractivity contribution in [2.75, 3.05) is 13.6 Å². The quantitative estimate of drug-likeness (QED) is 0.849. The molecule has 0 fully saturated rings. The van der Waals surface area contributed by atoms with Gasteiger partial charge in [-0.2, -0.15) is 0 Å². The van der Waals surface area contributed by atoms with Gasteiger partial charge in [-0.25, -0.2) is 4.39 Å². The van der Waals surface area contributed by atoms with E-state index in [1.54, 1.807) is 24.1 Å². The number of halogens is 1. The first-order chi connectivity index (χ1) is 8.08. The molecule has 0 heterocycles. The van der Waals surface area contributed by atoms with Crippen LogP contribution in [-0.2, 0) is 11.3 Å². The Morgan fingerprint density at radius 1 is 1.53 bits per heavy atom. The average Bonchev–Trinajstić information content (AvgIpc) is 2.30. The van der Waals surface area contributed by atoms with Gasteiger partial charge in [0.2, 0.25) is 5.91 Å². The maximum Gasteiger partial charge on any atom is 0.226 e. The molecule has 0 bridgehead atoms. The third kappa shape index (κ3) is 3.82. The van der Waals surface area contributed by atoms with Crippen molar-refractivity contribution in [3.05, 3.63) is 35.6 Å². The number of nitrogens with zero attached hydrogens (tertiary/aromatic N) is 1. The van der Waals surface area contributed by atoms with Crippen LogP contribution in [0.1, 0.15) is 18.9 Å². The maximum absolute atomic E-state index is 13.0. The van der Waals surface area contributed by atoms with Gasteiger partial charge in [-0.3, -0.25) is 4.79 Å². The monoisotopic (exact) mass is 238 g/mol. The Hall–Kier alpha value is -1.42. The van der Waals surface area contributed by atoms with Crippen molar-refractivity contribution in [1.82, 2.24) is 4.90 Å². The lowest BCUT2D eigenvalue weighted by Gasteiger charge is -2.22. The molecule has 0 aliphatic carbocycles. The van der Waals surface area contributed by atoms with E-state index < -0.39 is 0 Å². The summed E-state index contributed by atoms with van der Waals surface area (Å²) >= 11 is 0. The molecule has 1 aromatic rings. The molecule has 0 saturated carbocycles. The Kier molecular flexibility index (Phi) is 5.10. The smallest absolute Gasteiger partial charge is 0.226 e. The largest absolute Gasteiger partial charge is 0.341 e. The first kappa shape index (κ1) is 13.6. The van der Waals surface area contributed by atoms with Gasteiger partial charge >= 0.3 is 0 Å². The zero-order valence-corrected chi connectivity index (χ0v) is 10.3. The van der Waals surface area contributed by atoms with Gasteiger partial charge in [-0.05, 0) is 24.1 Å². The van der Waals surface area contributed by atoms with Crippen molar-refractivity contribution in [1.29, 1.82) is 0 Å². The molecule has 1 amide bonds. The maximum atomic E-state index is 13.0. The van der Waals surface area contributed by atoms with Crippen LogP contribution in [-0.4, -0.2) is 24.4 Å². The molecule has 1 atom stereocenters. The number of benzene rings is 1. The molecule has 0 saturated heterocycles. The second-order valence-electron chi connectivity index (χ2n) is 4.17. The summed E-state index contributed by atoms with van der Waals surface area (Å²) in [6.45, 7) is 2.70. The van der Waals surface area contributed by atoms with Gasteiger partial charge in [0, 0.05) is 20.1 Å². The van der Waals surface area contributed by atoms with E-state index >= 15 is 0 Å². The predicted octanol–water partition coefficient (Wildman–Crippen LogP) is 1.77.